The molecule has 0 bridgehead atoms. The molecule has 0 aliphatic rings. The van der Waals surface area contributed by atoms with Crippen LogP contribution in [0.3, 0.4) is 0 Å². The van der Waals surface area contributed by atoms with E-state index in [-0.39, 0.29) is 44.6 Å². The zero-order chi connectivity index (χ0) is 40.7. The Morgan fingerprint density at radius 3 is 2.04 bits per heavy atom. The van der Waals surface area contributed by atoms with Gasteiger partial charge in [0.05, 0.1) is 13.1 Å². The molecule has 0 spiro atoms. The molecule has 0 fully saturated rings. The van der Waals surface area contributed by atoms with Gasteiger partial charge in [-0.05, 0) is 71.9 Å². The summed E-state index contributed by atoms with van der Waals surface area (Å²) in [4.78, 5) is 76.8. The van der Waals surface area contributed by atoms with Gasteiger partial charge in [-0.25, -0.2) is 9.59 Å². The van der Waals surface area contributed by atoms with E-state index in [2.05, 4.69) is 41.2 Å². The molecular formula is C41H56N6O8. The zero-order valence-electron chi connectivity index (χ0n) is 33.2. The van der Waals surface area contributed by atoms with Crippen molar-refractivity contribution >= 4 is 52.3 Å². The molecule has 0 heterocycles. The monoisotopic (exact) mass is 760 g/mol. The second-order valence-corrected chi connectivity index (χ2v) is 14.2. The lowest BCUT2D eigenvalue weighted by Crippen LogP contribution is -2.52. The van der Waals surface area contributed by atoms with Gasteiger partial charge in [0.2, 0.25) is 23.6 Å². The number of anilines is 1. The number of nitrogens with zero attached hydrogens (tertiary/aromatic N) is 2. The van der Waals surface area contributed by atoms with Crippen LogP contribution in [0.1, 0.15) is 64.2 Å². The van der Waals surface area contributed by atoms with Gasteiger partial charge in [-0.15, -0.1) is 0 Å². The lowest BCUT2D eigenvalue weighted by Gasteiger charge is -2.22. The van der Waals surface area contributed by atoms with Crippen LogP contribution in [0.4, 0.5) is 15.3 Å². The van der Waals surface area contributed by atoms with Crippen LogP contribution in [0.5, 0.6) is 5.75 Å². The normalized spacial score (nSPS) is 11.9. The van der Waals surface area contributed by atoms with Crippen molar-refractivity contribution in [3.8, 4) is 5.75 Å². The molecule has 0 saturated heterocycles. The highest BCUT2D eigenvalue weighted by Crippen LogP contribution is 2.33. The Balaban J connectivity index is 1.43. The number of amides is 6. The number of likely N-dealkylation sites (N-methyl/N-ethyl adjacent to an activating group) is 2. The first-order chi connectivity index (χ1) is 26.1. The van der Waals surface area contributed by atoms with Crippen LogP contribution in [0.15, 0.2) is 54.6 Å². The van der Waals surface area contributed by atoms with Gasteiger partial charge in [0.15, 0.2) is 0 Å². The van der Waals surface area contributed by atoms with Crippen LogP contribution >= 0.6 is 0 Å². The summed E-state index contributed by atoms with van der Waals surface area (Å²) in [7, 11) is 3.20. The predicted molar refractivity (Wildman–Crippen MR) is 211 cm³/mol. The first kappa shape index (κ1) is 43.7. The second-order valence-electron chi connectivity index (χ2n) is 14.2. The fraction of sp³-hybridized carbons (Fsp3) is 0.463. The molecular weight excluding hydrogens is 704 g/mol. The Kier molecular flexibility index (Phi) is 16.9. The summed E-state index contributed by atoms with van der Waals surface area (Å²) in [5.41, 5.74) is 3.49. The van der Waals surface area contributed by atoms with Crippen LogP contribution in [-0.4, -0.2) is 91.9 Å². The van der Waals surface area contributed by atoms with Gasteiger partial charge in [0.1, 0.15) is 18.4 Å². The van der Waals surface area contributed by atoms with Crippen molar-refractivity contribution in [1.82, 2.24) is 25.8 Å². The third kappa shape index (κ3) is 13.9. The van der Waals surface area contributed by atoms with Crippen molar-refractivity contribution in [1.29, 1.82) is 0 Å². The Bertz CT molecular complexity index is 1810. The molecule has 3 aromatic rings. The summed E-state index contributed by atoms with van der Waals surface area (Å²) < 4.78 is 11.3. The number of carbonyl (C=O) groups excluding carboxylic acids is 6. The number of benzene rings is 3. The standard InChI is InChI=1S/C41H56N6O8/c1-9-27(4)14-19-32-28(5)22-35(34-13-11-10-12-33(32)34)55-41(53)47(8)21-20-46(7)40(52)54-25-30-15-17-31(18-16-30)44-36(49)24-43-39(51)38(26(2)3)45-37(50)23-42-29(6)48/h10-13,15-18,22,26-27,38H,9,14,19-21,23-25H2,1-8H3,(H,42,48)(H,43,51)(H,44,49)(H,45,50). The maximum Gasteiger partial charge on any atom is 0.415 e. The van der Waals surface area contributed by atoms with E-state index < -0.39 is 35.9 Å². The van der Waals surface area contributed by atoms with E-state index in [0.717, 1.165) is 35.6 Å². The van der Waals surface area contributed by atoms with E-state index in [1.165, 1.54) is 22.3 Å². The minimum absolute atomic E-state index is 0.0185. The first-order valence-electron chi connectivity index (χ1n) is 18.6. The Morgan fingerprint density at radius 2 is 1.42 bits per heavy atom. The predicted octanol–water partition coefficient (Wildman–Crippen LogP) is 5.16. The molecule has 298 valence electrons. The van der Waals surface area contributed by atoms with Gasteiger partial charge >= 0.3 is 12.2 Å². The van der Waals surface area contributed by atoms with E-state index in [9.17, 15) is 28.8 Å². The third-order valence-corrected chi connectivity index (χ3v) is 9.30. The summed E-state index contributed by atoms with van der Waals surface area (Å²) in [6, 6.07) is 15.7. The molecule has 0 saturated carbocycles. The molecule has 55 heavy (non-hydrogen) atoms. The highest BCUT2D eigenvalue weighted by molar-refractivity contribution is 5.96. The van der Waals surface area contributed by atoms with E-state index in [1.54, 1.807) is 52.2 Å². The molecule has 0 aliphatic carbocycles. The van der Waals surface area contributed by atoms with Crippen molar-refractivity contribution < 1.29 is 38.2 Å². The average molecular weight is 761 g/mol. The maximum atomic E-state index is 13.1. The van der Waals surface area contributed by atoms with Crippen LogP contribution in [-0.2, 0) is 36.9 Å². The van der Waals surface area contributed by atoms with Crippen molar-refractivity contribution in [2.45, 2.75) is 73.5 Å². The van der Waals surface area contributed by atoms with E-state index >= 15 is 0 Å². The Morgan fingerprint density at radius 1 is 0.800 bits per heavy atom. The molecule has 14 nitrogen and oxygen atoms in total. The van der Waals surface area contributed by atoms with Crippen LogP contribution < -0.4 is 26.0 Å². The van der Waals surface area contributed by atoms with Crippen LogP contribution in [0, 0.1) is 18.8 Å². The fourth-order valence-electron chi connectivity index (χ4n) is 5.59. The van der Waals surface area contributed by atoms with Gasteiger partial charge in [0.25, 0.3) is 0 Å². The number of nitrogens with one attached hydrogen (secondary N) is 4. The van der Waals surface area contributed by atoms with Crippen LogP contribution in [0.2, 0.25) is 0 Å². The number of fused-ring (bicyclic) bond motifs is 1. The van der Waals surface area contributed by atoms with Crippen molar-refractivity contribution in [2.24, 2.45) is 11.8 Å². The quantitative estimate of drug-likeness (QED) is 0.138. The Labute approximate surface area is 323 Å². The minimum Gasteiger partial charge on any atom is -0.445 e. The molecule has 3 aromatic carbocycles. The molecule has 3 rings (SSSR count). The lowest BCUT2D eigenvalue weighted by molar-refractivity contribution is -0.131. The molecule has 0 aliphatic heterocycles. The van der Waals surface area contributed by atoms with Crippen LogP contribution in [0.25, 0.3) is 10.8 Å². The SMILES string of the molecule is CCC(C)CCc1c(C)cc(OC(=O)N(C)CCN(C)C(=O)OCc2ccc(NC(=O)CNC(=O)C(NC(=O)CNC(C)=O)C(C)C)cc2)c2ccccc12. The number of aryl methyl sites for hydroxylation is 2. The highest BCUT2D eigenvalue weighted by atomic mass is 16.6. The number of carbonyl (C=O) groups is 6. The summed E-state index contributed by atoms with van der Waals surface area (Å²) in [5, 5.41) is 12.1. The minimum atomic E-state index is -0.893. The Hall–Kier alpha value is -5.66. The molecule has 0 radical (unpaired) electrons. The molecule has 0 aromatic heterocycles. The smallest absolute Gasteiger partial charge is 0.415 e. The lowest BCUT2D eigenvalue weighted by atomic mass is 9.92. The largest absolute Gasteiger partial charge is 0.445 e. The number of hydrogen-bond donors (Lipinski definition) is 4. The fourth-order valence-corrected chi connectivity index (χ4v) is 5.59. The zero-order valence-corrected chi connectivity index (χ0v) is 33.2. The highest BCUT2D eigenvalue weighted by Gasteiger charge is 2.25. The summed E-state index contributed by atoms with van der Waals surface area (Å²) in [5.74, 6) is -1.05. The number of ether oxygens (including phenoxy) is 2. The van der Waals surface area contributed by atoms with Gasteiger partial charge in [0, 0.05) is 45.2 Å². The molecule has 6 amide bonds. The van der Waals surface area contributed by atoms with Gasteiger partial charge in [-0.2, -0.15) is 0 Å². The van der Waals surface area contributed by atoms with Gasteiger partial charge in [-0.1, -0.05) is 70.5 Å². The van der Waals surface area contributed by atoms with E-state index in [1.807, 2.05) is 31.2 Å². The van der Waals surface area contributed by atoms with Crippen molar-refractivity contribution in [3.63, 3.8) is 0 Å². The summed E-state index contributed by atoms with van der Waals surface area (Å²) in [6.45, 7) is 11.1. The maximum absolute atomic E-state index is 13.1. The average Bonchev–Trinajstić information content (AvgIpc) is 3.16. The van der Waals surface area contributed by atoms with E-state index in [0.29, 0.717) is 22.9 Å². The van der Waals surface area contributed by atoms with Crippen molar-refractivity contribution in [2.75, 3.05) is 45.6 Å². The first-order valence-corrected chi connectivity index (χ1v) is 18.6. The topological polar surface area (TPSA) is 175 Å². The second kappa shape index (κ2) is 21.3. The van der Waals surface area contributed by atoms with E-state index in [4.69, 9.17) is 9.47 Å². The summed E-state index contributed by atoms with van der Waals surface area (Å²) >= 11 is 0. The molecule has 2 atom stereocenters. The molecule has 4 N–H and O–H groups in total. The molecule has 14 heteroatoms. The number of rotatable bonds is 18. The third-order valence-electron chi connectivity index (χ3n) is 9.30. The van der Waals surface area contributed by atoms with Gasteiger partial charge in [-0.3, -0.25) is 19.2 Å². The summed E-state index contributed by atoms with van der Waals surface area (Å²) in [6.07, 6.45) is 2.07. The molecule has 2 unspecified atom stereocenters. The van der Waals surface area contributed by atoms with Crippen molar-refractivity contribution in [3.05, 3.63) is 71.3 Å². The van der Waals surface area contributed by atoms with Gasteiger partial charge < -0.3 is 40.5 Å². The number of hydrogen-bond acceptors (Lipinski definition) is 8.